The van der Waals surface area contributed by atoms with E-state index in [1.807, 2.05) is 24.3 Å². The van der Waals surface area contributed by atoms with Crippen molar-refractivity contribution >= 4 is 11.9 Å². The summed E-state index contributed by atoms with van der Waals surface area (Å²) in [4.78, 5) is 23.6. The van der Waals surface area contributed by atoms with Crippen LogP contribution in [0.2, 0.25) is 0 Å². The van der Waals surface area contributed by atoms with Gasteiger partial charge in [-0.05, 0) is 24.0 Å². The van der Waals surface area contributed by atoms with Gasteiger partial charge in [-0.3, -0.25) is 9.59 Å². The van der Waals surface area contributed by atoms with Crippen molar-refractivity contribution in [2.75, 3.05) is 68.6 Å². The summed E-state index contributed by atoms with van der Waals surface area (Å²) in [5.41, 5.74) is 2.19. The highest BCUT2D eigenvalue weighted by molar-refractivity contribution is 5.70. The highest BCUT2D eigenvalue weighted by Crippen LogP contribution is 2.10. The number of likely N-dealkylation sites (N-methyl/N-ethyl adjacent to an activating group) is 2. The van der Waals surface area contributed by atoms with Crippen molar-refractivity contribution in [1.29, 1.82) is 0 Å². The number of quaternary nitrogens is 2. The SMILES string of the molecule is C[N+](C)(C)CCOC(=O)CCc1ccc(CCC(=O)OCC[N+](C)(C)C)cc1. The topological polar surface area (TPSA) is 52.6 Å². The van der Waals surface area contributed by atoms with Gasteiger partial charge in [0.15, 0.2) is 0 Å². The summed E-state index contributed by atoms with van der Waals surface area (Å²) in [6, 6.07) is 8.04. The van der Waals surface area contributed by atoms with Crippen LogP contribution in [0.1, 0.15) is 24.0 Å². The monoisotopic (exact) mass is 394 g/mol. The molecule has 0 spiro atoms. The molecule has 0 aliphatic rings. The van der Waals surface area contributed by atoms with Crippen LogP contribution in [0.15, 0.2) is 24.3 Å². The van der Waals surface area contributed by atoms with Gasteiger partial charge in [0.2, 0.25) is 0 Å². The predicted molar refractivity (Wildman–Crippen MR) is 111 cm³/mol. The van der Waals surface area contributed by atoms with Gasteiger partial charge in [-0.15, -0.1) is 0 Å². The molecule has 6 nitrogen and oxygen atoms in total. The van der Waals surface area contributed by atoms with Crippen molar-refractivity contribution in [2.45, 2.75) is 25.7 Å². The Labute approximate surface area is 170 Å². The smallest absolute Gasteiger partial charge is 0.306 e. The lowest BCUT2D eigenvalue weighted by Crippen LogP contribution is -2.38. The number of ether oxygens (including phenoxy) is 2. The summed E-state index contributed by atoms with van der Waals surface area (Å²) in [5, 5.41) is 0. The molecular formula is C22H38N2O4+2. The Balaban J connectivity index is 2.26. The van der Waals surface area contributed by atoms with Gasteiger partial charge in [0, 0.05) is 12.8 Å². The maximum Gasteiger partial charge on any atom is 0.306 e. The quantitative estimate of drug-likeness (QED) is 0.402. The molecule has 6 heteroatoms. The van der Waals surface area contributed by atoms with Gasteiger partial charge in [0.05, 0.1) is 42.3 Å². The lowest BCUT2D eigenvalue weighted by atomic mass is 10.0. The van der Waals surface area contributed by atoms with E-state index in [2.05, 4.69) is 42.3 Å². The zero-order chi connectivity index (χ0) is 21.2. The van der Waals surface area contributed by atoms with E-state index in [0.29, 0.717) is 38.9 Å². The average Bonchev–Trinajstić information content (AvgIpc) is 2.57. The van der Waals surface area contributed by atoms with Crippen molar-refractivity contribution in [3.05, 3.63) is 35.4 Å². The van der Waals surface area contributed by atoms with E-state index in [9.17, 15) is 9.59 Å². The molecule has 1 aromatic carbocycles. The minimum atomic E-state index is -0.158. The minimum Gasteiger partial charge on any atom is -0.460 e. The minimum absolute atomic E-state index is 0.158. The molecule has 0 atom stereocenters. The molecule has 0 saturated carbocycles. The number of carbonyl (C=O) groups is 2. The van der Waals surface area contributed by atoms with Crippen molar-refractivity contribution in [3.63, 3.8) is 0 Å². The Kier molecular flexibility index (Phi) is 9.62. The van der Waals surface area contributed by atoms with Gasteiger partial charge in [0.1, 0.15) is 26.3 Å². The van der Waals surface area contributed by atoms with Crippen molar-refractivity contribution in [3.8, 4) is 0 Å². The summed E-state index contributed by atoms with van der Waals surface area (Å²) in [6.07, 6.45) is 2.09. The van der Waals surface area contributed by atoms with Gasteiger partial charge >= 0.3 is 11.9 Å². The van der Waals surface area contributed by atoms with E-state index in [1.165, 1.54) is 0 Å². The Morgan fingerprint density at radius 1 is 0.679 bits per heavy atom. The van der Waals surface area contributed by atoms with Crippen LogP contribution in [0.4, 0.5) is 0 Å². The Morgan fingerprint density at radius 2 is 1.00 bits per heavy atom. The van der Waals surface area contributed by atoms with Crippen molar-refractivity contribution in [2.24, 2.45) is 0 Å². The second-order valence-electron chi connectivity index (χ2n) is 9.29. The highest BCUT2D eigenvalue weighted by atomic mass is 16.5. The number of nitrogens with zero attached hydrogens (tertiary/aromatic N) is 2. The van der Waals surface area contributed by atoms with Crippen LogP contribution in [0.3, 0.4) is 0 Å². The molecule has 28 heavy (non-hydrogen) atoms. The first-order chi connectivity index (χ1) is 12.9. The van der Waals surface area contributed by atoms with Gasteiger partial charge in [-0.2, -0.15) is 0 Å². The fourth-order valence-corrected chi connectivity index (χ4v) is 2.38. The third kappa shape index (κ3) is 12.5. The first-order valence-electron chi connectivity index (χ1n) is 9.95. The maximum absolute atomic E-state index is 11.8. The Bertz CT molecular complexity index is 558. The average molecular weight is 395 g/mol. The number of aryl methyl sites for hydroxylation is 2. The lowest BCUT2D eigenvalue weighted by molar-refractivity contribution is -0.870. The number of rotatable bonds is 12. The first-order valence-corrected chi connectivity index (χ1v) is 9.95. The number of hydrogen-bond donors (Lipinski definition) is 0. The zero-order valence-corrected chi connectivity index (χ0v) is 18.5. The van der Waals surface area contributed by atoms with Crippen LogP contribution in [0.5, 0.6) is 0 Å². The highest BCUT2D eigenvalue weighted by Gasteiger charge is 2.11. The molecule has 1 aromatic rings. The number of benzene rings is 1. The fraction of sp³-hybridized carbons (Fsp3) is 0.636. The van der Waals surface area contributed by atoms with Crippen LogP contribution in [0, 0.1) is 0 Å². The molecule has 0 unspecified atom stereocenters. The third-order valence-corrected chi connectivity index (χ3v) is 4.31. The molecule has 0 aromatic heterocycles. The van der Waals surface area contributed by atoms with Crippen molar-refractivity contribution in [1.82, 2.24) is 0 Å². The maximum atomic E-state index is 11.8. The molecule has 158 valence electrons. The van der Waals surface area contributed by atoms with Crippen molar-refractivity contribution < 1.29 is 28.0 Å². The lowest BCUT2D eigenvalue weighted by Gasteiger charge is -2.23. The zero-order valence-electron chi connectivity index (χ0n) is 18.5. The summed E-state index contributed by atoms with van der Waals surface area (Å²) >= 11 is 0. The molecule has 0 bridgehead atoms. The standard InChI is InChI=1S/C22H38N2O4/c1-23(2,3)15-17-27-21(25)13-11-19-7-9-20(10-8-19)12-14-22(26)28-18-16-24(4,5)6/h7-10H,11-18H2,1-6H3/q+2. The summed E-state index contributed by atoms with van der Waals surface area (Å²) in [5.74, 6) is -0.316. The van der Waals surface area contributed by atoms with Crippen LogP contribution in [-0.4, -0.2) is 89.5 Å². The van der Waals surface area contributed by atoms with Crippen LogP contribution in [-0.2, 0) is 31.9 Å². The van der Waals surface area contributed by atoms with Crippen LogP contribution in [0.25, 0.3) is 0 Å². The number of esters is 2. The van der Waals surface area contributed by atoms with Gasteiger partial charge < -0.3 is 18.4 Å². The second kappa shape index (κ2) is 11.2. The van der Waals surface area contributed by atoms with E-state index < -0.39 is 0 Å². The molecule has 0 radical (unpaired) electrons. The van der Waals surface area contributed by atoms with E-state index >= 15 is 0 Å². The van der Waals surface area contributed by atoms with Crippen LogP contribution >= 0.6 is 0 Å². The van der Waals surface area contributed by atoms with E-state index in [1.54, 1.807) is 0 Å². The molecule has 0 aliphatic heterocycles. The summed E-state index contributed by atoms with van der Waals surface area (Å²) < 4.78 is 12.1. The number of carbonyl (C=O) groups excluding carboxylic acids is 2. The molecule has 0 amide bonds. The molecule has 0 fully saturated rings. The fourth-order valence-electron chi connectivity index (χ4n) is 2.38. The normalized spacial score (nSPS) is 11.9. The summed E-state index contributed by atoms with van der Waals surface area (Å²) in [7, 11) is 12.4. The Morgan fingerprint density at radius 3 is 1.29 bits per heavy atom. The number of hydrogen-bond acceptors (Lipinski definition) is 4. The third-order valence-electron chi connectivity index (χ3n) is 4.31. The van der Waals surface area contributed by atoms with Gasteiger partial charge in [0.25, 0.3) is 0 Å². The predicted octanol–water partition coefficient (Wildman–Crippen LogP) is 2.05. The molecule has 0 saturated heterocycles. The molecule has 0 N–H and O–H groups in total. The Hall–Kier alpha value is -1.92. The second-order valence-corrected chi connectivity index (χ2v) is 9.29. The largest absolute Gasteiger partial charge is 0.460 e. The first kappa shape index (κ1) is 24.1. The van der Waals surface area contributed by atoms with E-state index in [0.717, 1.165) is 33.2 Å². The van der Waals surface area contributed by atoms with Crippen LogP contribution < -0.4 is 0 Å². The molecule has 0 aliphatic carbocycles. The molecule has 1 rings (SSSR count). The van der Waals surface area contributed by atoms with E-state index in [-0.39, 0.29) is 11.9 Å². The van der Waals surface area contributed by atoms with Gasteiger partial charge in [-0.25, -0.2) is 0 Å². The van der Waals surface area contributed by atoms with Gasteiger partial charge in [-0.1, -0.05) is 24.3 Å². The summed E-state index contributed by atoms with van der Waals surface area (Å²) in [6.45, 7) is 2.51. The molecular weight excluding hydrogens is 356 g/mol. The molecule has 0 heterocycles. The van der Waals surface area contributed by atoms with E-state index in [4.69, 9.17) is 9.47 Å².